The maximum Gasteiger partial charge on any atom is 0.314 e. The number of urea groups is 1. The highest BCUT2D eigenvalue weighted by Crippen LogP contribution is 2.34. The van der Waals surface area contributed by atoms with Crippen LogP contribution in [-0.2, 0) is 5.60 Å². The Morgan fingerprint density at radius 3 is 2.58 bits per heavy atom. The van der Waals surface area contributed by atoms with Crippen LogP contribution in [0.2, 0.25) is 0 Å². The molecule has 0 atom stereocenters. The average Bonchev–Trinajstić information content (AvgIpc) is 2.39. The molecule has 1 saturated heterocycles. The van der Waals surface area contributed by atoms with E-state index in [4.69, 9.17) is 10.5 Å². The van der Waals surface area contributed by atoms with Gasteiger partial charge >= 0.3 is 6.03 Å². The van der Waals surface area contributed by atoms with Gasteiger partial charge in [-0.3, -0.25) is 0 Å². The molecule has 0 bridgehead atoms. The molecule has 2 rings (SSSR count). The van der Waals surface area contributed by atoms with Crippen LogP contribution in [0.25, 0.3) is 0 Å². The van der Waals surface area contributed by atoms with Crippen LogP contribution in [-0.4, -0.2) is 36.2 Å². The van der Waals surface area contributed by atoms with Crippen LogP contribution in [0.1, 0.15) is 18.4 Å². The number of amides is 2. The van der Waals surface area contributed by atoms with Gasteiger partial charge in [0.2, 0.25) is 0 Å². The third-order valence-electron chi connectivity index (χ3n) is 3.51. The Balaban J connectivity index is 0.00000180. The number of halogens is 1. The van der Waals surface area contributed by atoms with E-state index in [1.54, 1.807) is 12.0 Å². The molecule has 1 aromatic carbocycles. The molecule has 0 aromatic heterocycles. The van der Waals surface area contributed by atoms with Gasteiger partial charge in [-0.05, 0) is 30.5 Å². The van der Waals surface area contributed by atoms with Gasteiger partial charge in [-0.1, -0.05) is 12.1 Å². The largest absolute Gasteiger partial charge is 0.497 e. The molecule has 0 saturated carbocycles. The summed E-state index contributed by atoms with van der Waals surface area (Å²) in [7, 11) is 1.60. The van der Waals surface area contributed by atoms with E-state index in [9.17, 15) is 9.90 Å². The number of piperidine rings is 1. The fourth-order valence-electron chi connectivity index (χ4n) is 2.30. The molecule has 5 nitrogen and oxygen atoms in total. The van der Waals surface area contributed by atoms with Crippen LogP contribution in [0.5, 0.6) is 5.75 Å². The lowest BCUT2D eigenvalue weighted by molar-refractivity contribution is -0.0162. The monoisotopic (exact) mass is 286 g/mol. The van der Waals surface area contributed by atoms with Gasteiger partial charge in [-0.15, -0.1) is 12.4 Å². The highest BCUT2D eigenvalue weighted by molar-refractivity contribution is 5.85. The number of likely N-dealkylation sites (tertiary alicyclic amines) is 1. The quantitative estimate of drug-likeness (QED) is 0.865. The molecule has 1 aromatic rings. The maximum atomic E-state index is 11.0. The number of hydrogen-bond donors (Lipinski definition) is 2. The normalized spacial score (nSPS) is 17.5. The molecular weight excluding hydrogens is 268 g/mol. The molecule has 0 radical (unpaired) electrons. The van der Waals surface area contributed by atoms with Crippen molar-refractivity contribution in [1.82, 2.24) is 4.90 Å². The van der Waals surface area contributed by atoms with Gasteiger partial charge in [0.25, 0.3) is 0 Å². The summed E-state index contributed by atoms with van der Waals surface area (Å²) in [6, 6.07) is 6.98. The van der Waals surface area contributed by atoms with E-state index in [1.807, 2.05) is 24.3 Å². The van der Waals surface area contributed by atoms with Crippen molar-refractivity contribution >= 4 is 18.4 Å². The van der Waals surface area contributed by atoms with Gasteiger partial charge in [-0.2, -0.15) is 0 Å². The van der Waals surface area contributed by atoms with Gasteiger partial charge in [0, 0.05) is 13.1 Å². The summed E-state index contributed by atoms with van der Waals surface area (Å²) in [5.74, 6) is 0.721. The smallest absolute Gasteiger partial charge is 0.314 e. The molecule has 19 heavy (non-hydrogen) atoms. The standard InChI is InChI=1S/C13H18N2O3.ClH/c1-18-11-4-2-3-10(9-11)13(17)5-7-15(8-6-13)12(14)16;/h2-4,9,17H,5-8H2,1H3,(H2,14,16);1H. The van der Waals surface area contributed by atoms with Crippen molar-refractivity contribution in [1.29, 1.82) is 0 Å². The lowest BCUT2D eigenvalue weighted by Gasteiger charge is -2.37. The van der Waals surface area contributed by atoms with Gasteiger partial charge in [0.15, 0.2) is 0 Å². The summed E-state index contributed by atoms with van der Waals surface area (Å²) in [6.45, 7) is 0.950. The summed E-state index contributed by atoms with van der Waals surface area (Å²) < 4.78 is 5.15. The first-order valence-corrected chi connectivity index (χ1v) is 5.96. The Morgan fingerprint density at radius 2 is 2.05 bits per heavy atom. The van der Waals surface area contributed by atoms with Gasteiger partial charge in [-0.25, -0.2) is 4.79 Å². The van der Waals surface area contributed by atoms with Crippen LogP contribution in [0.15, 0.2) is 24.3 Å². The van der Waals surface area contributed by atoms with Crippen LogP contribution in [0.3, 0.4) is 0 Å². The van der Waals surface area contributed by atoms with Gasteiger partial charge < -0.3 is 20.5 Å². The molecule has 0 spiro atoms. The summed E-state index contributed by atoms with van der Waals surface area (Å²) in [6.07, 6.45) is 0.978. The minimum absolute atomic E-state index is 0. The van der Waals surface area contributed by atoms with Crippen LogP contribution >= 0.6 is 12.4 Å². The fraction of sp³-hybridized carbons (Fsp3) is 0.462. The summed E-state index contributed by atoms with van der Waals surface area (Å²) in [5, 5.41) is 10.6. The van der Waals surface area contributed by atoms with E-state index >= 15 is 0 Å². The number of nitrogens with two attached hydrogens (primary N) is 1. The number of carbonyl (C=O) groups is 1. The van der Waals surface area contributed by atoms with Gasteiger partial charge in [0.05, 0.1) is 12.7 Å². The number of benzene rings is 1. The van der Waals surface area contributed by atoms with E-state index in [0.29, 0.717) is 25.9 Å². The molecule has 2 amide bonds. The lowest BCUT2D eigenvalue weighted by atomic mass is 9.84. The summed E-state index contributed by atoms with van der Waals surface area (Å²) in [5.41, 5.74) is 5.15. The number of aliphatic hydroxyl groups is 1. The van der Waals surface area contributed by atoms with Crippen molar-refractivity contribution in [3.63, 3.8) is 0 Å². The molecule has 106 valence electrons. The lowest BCUT2D eigenvalue weighted by Crippen LogP contribution is -2.47. The predicted molar refractivity (Wildman–Crippen MR) is 74.5 cm³/mol. The van der Waals surface area contributed by atoms with Crippen LogP contribution < -0.4 is 10.5 Å². The Kier molecular flexibility index (Phi) is 5.03. The fourth-order valence-corrected chi connectivity index (χ4v) is 2.30. The first-order valence-electron chi connectivity index (χ1n) is 5.96. The second-order valence-electron chi connectivity index (χ2n) is 4.59. The molecule has 1 aliphatic heterocycles. The SMILES string of the molecule is COc1cccc(C2(O)CCN(C(N)=O)CC2)c1.Cl. The molecule has 1 fully saturated rings. The first kappa shape index (κ1) is 15.6. The van der Waals surface area contributed by atoms with E-state index in [2.05, 4.69) is 0 Å². The number of methoxy groups -OCH3 is 1. The van der Waals surface area contributed by atoms with Crippen LogP contribution in [0.4, 0.5) is 4.79 Å². The Morgan fingerprint density at radius 1 is 1.42 bits per heavy atom. The maximum absolute atomic E-state index is 11.0. The molecule has 3 N–H and O–H groups in total. The van der Waals surface area contributed by atoms with Crippen molar-refractivity contribution in [3.8, 4) is 5.75 Å². The zero-order chi connectivity index (χ0) is 13.2. The number of primary amides is 1. The average molecular weight is 287 g/mol. The zero-order valence-corrected chi connectivity index (χ0v) is 11.7. The van der Waals surface area contributed by atoms with Crippen molar-refractivity contribution in [2.45, 2.75) is 18.4 Å². The van der Waals surface area contributed by atoms with E-state index in [1.165, 1.54) is 0 Å². The molecule has 0 unspecified atom stereocenters. The zero-order valence-electron chi connectivity index (χ0n) is 10.8. The van der Waals surface area contributed by atoms with Crippen molar-refractivity contribution < 1.29 is 14.6 Å². The Bertz CT molecular complexity index is 445. The topological polar surface area (TPSA) is 75.8 Å². The number of carbonyl (C=O) groups excluding carboxylic acids is 1. The molecule has 0 aliphatic carbocycles. The van der Waals surface area contributed by atoms with Crippen molar-refractivity contribution in [2.75, 3.05) is 20.2 Å². The number of rotatable bonds is 2. The Labute approximate surface area is 118 Å². The van der Waals surface area contributed by atoms with E-state index in [-0.39, 0.29) is 12.4 Å². The second kappa shape index (κ2) is 6.12. The highest BCUT2D eigenvalue weighted by Gasteiger charge is 2.35. The highest BCUT2D eigenvalue weighted by atomic mass is 35.5. The third-order valence-corrected chi connectivity index (χ3v) is 3.51. The molecule has 6 heteroatoms. The number of hydrogen-bond acceptors (Lipinski definition) is 3. The van der Waals surface area contributed by atoms with Crippen molar-refractivity contribution in [3.05, 3.63) is 29.8 Å². The molecular formula is C13H19ClN2O3. The summed E-state index contributed by atoms with van der Waals surface area (Å²) in [4.78, 5) is 12.6. The second-order valence-corrected chi connectivity index (χ2v) is 4.59. The Hall–Kier alpha value is -1.46. The van der Waals surface area contributed by atoms with E-state index in [0.717, 1.165) is 11.3 Å². The molecule has 1 heterocycles. The number of ether oxygens (including phenoxy) is 1. The first-order chi connectivity index (χ1) is 8.55. The van der Waals surface area contributed by atoms with Crippen molar-refractivity contribution in [2.24, 2.45) is 5.73 Å². The minimum Gasteiger partial charge on any atom is -0.497 e. The van der Waals surface area contributed by atoms with Gasteiger partial charge in [0.1, 0.15) is 5.75 Å². The van der Waals surface area contributed by atoms with Crippen LogP contribution in [0, 0.1) is 0 Å². The number of nitrogens with zero attached hydrogens (tertiary/aromatic N) is 1. The summed E-state index contributed by atoms with van der Waals surface area (Å²) >= 11 is 0. The third kappa shape index (κ3) is 3.30. The van der Waals surface area contributed by atoms with E-state index < -0.39 is 11.6 Å². The minimum atomic E-state index is -0.902. The predicted octanol–water partition coefficient (Wildman–Crippen LogP) is 1.48. The molecule has 1 aliphatic rings.